The highest BCUT2D eigenvalue weighted by atomic mass is 16.5. The summed E-state index contributed by atoms with van der Waals surface area (Å²) in [5.74, 6) is 0.609. The lowest BCUT2D eigenvalue weighted by molar-refractivity contribution is 0.139. The summed E-state index contributed by atoms with van der Waals surface area (Å²) in [5, 5.41) is 11.8. The van der Waals surface area contributed by atoms with Crippen LogP contribution in [-0.4, -0.2) is 46.4 Å². The van der Waals surface area contributed by atoms with Crippen molar-refractivity contribution in [2.45, 2.75) is 65.2 Å². The molecule has 0 aromatic carbocycles. The van der Waals surface area contributed by atoms with Gasteiger partial charge in [-0.2, -0.15) is 5.10 Å². The van der Waals surface area contributed by atoms with Crippen molar-refractivity contribution in [1.29, 1.82) is 0 Å². The third-order valence-electron chi connectivity index (χ3n) is 3.77. The van der Waals surface area contributed by atoms with E-state index in [9.17, 15) is 0 Å². The van der Waals surface area contributed by atoms with Gasteiger partial charge in [-0.3, -0.25) is 4.90 Å². The van der Waals surface area contributed by atoms with Gasteiger partial charge in [-0.05, 0) is 46.6 Å². The lowest BCUT2D eigenvalue weighted by atomic mass is 10.2. The molecular weight excluding hydrogens is 264 g/mol. The van der Waals surface area contributed by atoms with Crippen molar-refractivity contribution in [1.82, 2.24) is 20.4 Å². The summed E-state index contributed by atoms with van der Waals surface area (Å²) in [6, 6.07) is 5.64. The van der Waals surface area contributed by atoms with Crippen molar-refractivity contribution >= 4 is 0 Å². The van der Waals surface area contributed by atoms with E-state index in [1.807, 2.05) is 12.1 Å². The second kappa shape index (κ2) is 7.71. The summed E-state index contributed by atoms with van der Waals surface area (Å²) in [6.07, 6.45) is 2.58. The van der Waals surface area contributed by atoms with Crippen LogP contribution in [0.15, 0.2) is 12.1 Å². The van der Waals surface area contributed by atoms with Crippen LogP contribution in [0.3, 0.4) is 0 Å². The van der Waals surface area contributed by atoms with Crippen LogP contribution in [0.2, 0.25) is 0 Å². The summed E-state index contributed by atoms with van der Waals surface area (Å²) in [4.78, 5) is 2.40. The largest absolute Gasteiger partial charge is 0.475 e. The molecule has 21 heavy (non-hydrogen) atoms. The average Bonchev–Trinajstić information content (AvgIpc) is 3.26. The number of rotatable bonds is 9. The van der Waals surface area contributed by atoms with E-state index in [1.54, 1.807) is 0 Å². The lowest BCUT2D eigenvalue weighted by Crippen LogP contribution is -2.39. The van der Waals surface area contributed by atoms with E-state index in [4.69, 9.17) is 4.74 Å². The molecule has 118 valence electrons. The minimum atomic E-state index is 0.524. The van der Waals surface area contributed by atoms with Gasteiger partial charge < -0.3 is 10.1 Å². The summed E-state index contributed by atoms with van der Waals surface area (Å²) in [5.41, 5.74) is 0.972. The lowest BCUT2D eigenvalue weighted by Gasteiger charge is -2.30. The molecule has 1 N–H and O–H groups in total. The Morgan fingerprint density at radius 2 is 1.90 bits per heavy atom. The van der Waals surface area contributed by atoms with Gasteiger partial charge in [0.2, 0.25) is 5.88 Å². The number of ether oxygens (including phenoxy) is 1. The van der Waals surface area contributed by atoms with Crippen molar-refractivity contribution in [2.24, 2.45) is 0 Å². The summed E-state index contributed by atoms with van der Waals surface area (Å²) in [7, 11) is 0. The molecule has 5 nitrogen and oxygen atoms in total. The monoisotopic (exact) mass is 292 g/mol. The van der Waals surface area contributed by atoms with E-state index in [-0.39, 0.29) is 0 Å². The van der Waals surface area contributed by atoms with Crippen molar-refractivity contribution < 1.29 is 4.74 Å². The van der Waals surface area contributed by atoms with E-state index < -0.39 is 0 Å². The zero-order valence-electron chi connectivity index (χ0n) is 13.7. The second-order valence-corrected chi connectivity index (χ2v) is 6.29. The molecule has 0 spiro atoms. The molecule has 1 fully saturated rings. The molecule has 0 bridgehead atoms. The molecule has 1 aliphatic rings. The van der Waals surface area contributed by atoms with Gasteiger partial charge in [0, 0.05) is 37.3 Å². The van der Waals surface area contributed by atoms with E-state index in [0.29, 0.717) is 30.6 Å². The minimum Gasteiger partial charge on any atom is -0.475 e. The normalized spacial score (nSPS) is 15.2. The first-order valence-electron chi connectivity index (χ1n) is 8.01. The molecule has 0 aliphatic heterocycles. The fourth-order valence-electron chi connectivity index (χ4n) is 2.42. The first-order chi connectivity index (χ1) is 10.1. The Labute approximate surface area is 128 Å². The van der Waals surface area contributed by atoms with Crippen LogP contribution in [0, 0.1) is 0 Å². The average molecular weight is 292 g/mol. The molecule has 1 aromatic rings. The maximum absolute atomic E-state index is 5.69. The molecule has 1 aliphatic carbocycles. The SMILES string of the molecule is CC(C)N(CCOc1ccc(CNC2CC2)nn1)C(C)C. The van der Waals surface area contributed by atoms with Crippen molar-refractivity contribution in [3.05, 3.63) is 17.8 Å². The predicted octanol–water partition coefficient (Wildman–Crippen LogP) is 2.23. The quantitative estimate of drug-likeness (QED) is 0.756. The number of nitrogens with zero attached hydrogens (tertiary/aromatic N) is 3. The third kappa shape index (κ3) is 5.59. The van der Waals surface area contributed by atoms with Gasteiger partial charge in [0.25, 0.3) is 0 Å². The molecule has 2 rings (SSSR count). The zero-order chi connectivity index (χ0) is 15.2. The van der Waals surface area contributed by atoms with Crippen LogP contribution in [0.4, 0.5) is 0 Å². The Bertz CT molecular complexity index is 407. The molecular formula is C16H28N4O. The maximum Gasteiger partial charge on any atom is 0.233 e. The molecule has 0 radical (unpaired) electrons. The molecule has 0 saturated heterocycles. The summed E-state index contributed by atoms with van der Waals surface area (Å²) < 4.78 is 5.69. The molecule has 0 amide bonds. The van der Waals surface area contributed by atoms with Gasteiger partial charge >= 0.3 is 0 Å². The van der Waals surface area contributed by atoms with E-state index in [1.165, 1.54) is 12.8 Å². The number of hydrogen-bond acceptors (Lipinski definition) is 5. The Hall–Kier alpha value is -1.20. The van der Waals surface area contributed by atoms with Crippen LogP contribution in [0.1, 0.15) is 46.2 Å². The van der Waals surface area contributed by atoms with Gasteiger partial charge in [0.15, 0.2) is 0 Å². The molecule has 5 heteroatoms. The fourth-order valence-corrected chi connectivity index (χ4v) is 2.42. The highest BCUT2D eigenvalue weighted by Gasteiger charge is 2.20. The van der Waals surface area contributed by atoms with Crippen molar-refractivity contribution in [2.75, 3.05) is 13.2 Å². The number of aromatic nitrogens is 2. The van der Waals surface area contributed by atoms with Gasteiger partial charge in [-0.15, -0.1) is 5.10 Å². The third-order valence-corrected chi connectivity index (χ3v) is 3.77. The van der Waals surface area contributed by atoms with Gasteiger partial charge in [0.1, 0.15) is 6.61 Å². The second-order valence-electron chi connectivity index (χ2n) is 6.29. The standard InChI is InChI=1S/C16H28N4O/c1-12(2)20(13(3)4)9-10-21-16-8-7-15(18-19-16)11-17-14-5-6-14/h7-8,12-14,17H,5-6,9-11H2,1-4H3. The van der Waals surface area contributed by atoms with E-state index >= 15 is 0 Å². The van der Waals surface area contributed by atoms with Gasteiger partial charge in [0.05, 0.1) is 5.69 Å². The van der Waals surface area contributed by atoms with E-state index in [2.05, 4.69) is 48.1 Å². The molecule has 0 atom stereocenters. The van der Waals surface area contributed by atoms with Crippen molar-refractivity contribution in [3.63, 3.8) is 0 Å². The first kappa shape index (κ1) is 16.2. The van der Waals surface area contributed by atoms with Crippen LogP contribution in [0.5, 0.6) is 5.88 Å². The zero-order valence-corrected chi connectivity index (χ0v) is 13.7. The first-order valence-corrected chi connectivity index (χ1v) is 8.01. The van der Waals surface area contributed by atoms with Crippen LogP contribution < -0.4 is 10.1 Å². The molecule has 1 aromatic heterocycles. The fraction of sp³-hybridized carbons (Fsp3) is 0.750. The Balaban J connectivity index is 1.72. The highest BCUT2D eigenvalue weighted by molar-refractivity contribution is 5.11. The van der Waals surface area contributed by atoms with Crippen LogP contribution in [0.25, 0.3) is 0 Å². The Morgan fingerprint density at radius 1 is 1.19 bits per heavy atom. The Morgan fingerprint density at radius 3 is 2.43 bits per heavy atom. The minimum absolute atomic E-state index is 0.524. The van der Waals surface area contributed by atoms with Crippen LogP contribution in [-0.2, 0) is 6.54 Å². The van der Waals surface area contributed by atoms with Crippen molar-refractivity contribution in [3.8, 4) is 5.88 Å². The number of nitrogens with one attached hydrogen (secondary N) is 1. The smallest absolute Gasteiger partial charge is 0.233 e. The van der Waals surface area contributed by atoms with Crippen LogP contribution >= 0.6 is 0 Å². The van der Waals surface area contributed by atoms with Gasteiger partial charge in [-0.25, -0.2) is 0 Å². The molecule has 1 saturated carbocycles. The highest BCUT2D eigenvalue weighted by Crippen LogP contribution is 2.19. The molecule has 1 heterocycles. The summed E-state index contributed by atoms with van der Waals surface area (Å²) in [6.45, 7) is 11.2. The topological polar surface area (TPSA) is 50.3 Å². The maximum atomic E-state index is 5.69. The predicted molar refractivity (Wildman–Crippen MR) is 84.4 cm³/mol. The Kier molecular flexibility index (Phi) is 5.94. The number of hydrogen-bond donors (Lipinski definition) is 1. The van der Waals surface area contributed by atoms with E-state index in [0.717, 1.165) is 18.8 Å². The summed E-state index contributed by atoms with van der Waals surface area (Å²) >= 11 is 0. The molecule has 0 unspecified atom stereocenters. The van der Waals surface area contributed by atoms with Gasteiger partial charge in [-0.1, -0.05) is 0 Å².